The molecule has 1 aliphatic rings. The summed E-state index contributed by atoms with van der Waals surface area (Å²) in [6, 6.07) is 8.22. The first-order valence-electron chi connectivity index (χ1n) is 6.31. The minimum absolute atomic E-state index is 0.248. The van der Waals surface area contributed by atoms with E-state index in [-0.39, 0.29) is 6.04 Å². The Balaban J connectivity index is 2.07. The molecule has 1 unspecified atom stereocenters. The van der Waals surface area contributed by atoms with Crippen LogP contribution in [0.2, 0.25) is 5.02 Å². The zero-order valence-corrected chi connectivity index (χ0v) is 12.5. The van der Waals surface area contributed by atoms with Gasteiger partial charge in [0.15, 0.2) is 0 Å². The standard InChI is InChI=1S/C14H16BrClN2/c15-12-8-10(6-7-13(12)16)14(9-17)18-11-4-2-1-3-5-11/h6-8,11,14,18H,1-5H2. The first kappa shape index (κ1) is 13.9. The number of hydrogen-bond acceptors (Lipinski definition) is 2. The molecule has 0 aliphatic heterocycles. The molecule has 1 N–H and O–H groups in total. The highest BCUT2D eigenvalue weighted by molar-refractivity contribution is 9.10. The van der Waals surface area contributed by atoms with Gasteiger partial charge in [-0.2, -0.15) is 5.26 Å². The molecule has 0 heterocycles. The van der Waals surface area contributed by atoms with Gasteiger partial charge in [-0.3, -0.25) is 5.32 Å². The van der Waals surface area contributed by atoms with Gasteiger partial charge in [0.1, 0.15) is 6.04 Å². The second kappa shape index (κ2) is 6.56. The van der Waals surface area contributed by atoms with E-state index >= 15 is 0 Å². The van der Waals surface area contributed by atoms with Crippen molar-refractivity contribution in [2.75, 3.05) is 0 Å². The summed E-state index contributed by atoms with van der Waals surface area (Å²) in [4.78, 5) is 0. The first-order valence-corrected chi connectivity index (χ1v) is 7.48. The quantitative estimate of drug-likeness (QED) is 0.881. The monoisotopic (exact) mass is 326 g/mol. The van der Waals surface area contributed by atoms with E-state index in [2.05, 4.69) is 27.3 Å². The summed E-state index contributed by atoms with van der Waals surface area (Å²) >= 11 is 9.37. The van der Waals surface area contributed by atoms with E-state index in [0.717, 1.165) is 10.0 Å². The fourth-order valence-corrected chi connectivity index (χ4v) is 2.92. The molecule has 2 nitrogen and oxygen atoms in total. The van der Waals surface area contributed by atoms with E-state index < -0.39 is 0 Å². The number of benzene rings is 1. The van der Waals surface area contributed by atoms with Gasteiger partial charge in [-0.15, -0.1) is 0 Å². The molecular formula is C14H16BrClN2. The Bertz CT molecular complexity index is 450. The maximum atomic E-state index is 9.31. The Labute approximate surface area is 121 Å². The van der Waals surface area contributed by atoms with Crippen LogP contribution in [-0.4, -0.2) is 6.04 Å². The number of nitrogens with zero attached hydrogens (tertiary/aromatic N) is 1. The van der Waals surface area contributed by atoms with Crippen LogP contribution in [0.5, 0.6) is 0 Å². The van der Waals surface area contributed by atoms with E-state index in [1.54, 1.807) is 0 Å². The molecule has 1 aliphatic carbocycles. The highest BCUT2D eigenvalue weighted by Gasteiger charge is 2.19. The first-order chi connectivity index (χ1) is 8.70. The zero-order valence-electron chi connectivity index (χ0n) is 10.1. The Kier molecular flexibility index (Phi) is 5.05. The van der Waals surface area contributed by atoms with Gasteiger partial charge in [0.2, 0.25) is 0 Å². The van der Waals surface area contributed by atoms with E-state index in [9.17, 15) is 5.26 Å². The Hall–Kier alpha value is -0.560. The molecule has 1 aromatic carbocycles. The lowest BCUT2D eigenvalue weighted by Crippen LogP contribution is -2.33. The molecule has 0 spiro atoms. The molecule has 0 aromatic heterocycles. The second-order valence-corrected chi connectivity index (χ2v) is 6.00. The topological polar surface area (TPSA) is 35.8 Å². The smallest absolute Gasteiger partial charge is 0.121 e. The van der Waals surface area contributed by atoms with Crippen LogP contribution in [0, 0.1) is 11.3 Å². The molecule has 1 atom stereocenters. The van der Waals surface area contributed by atoms with Gasteiger partial charge in [0, 0.05) is 10.5 Å². The van der Waals surface area contributed by atoms with Gasteiger partial charge in [0.05, 0.1) is 11.1 Å². The molecular weight excluding hydrogens is 312 g/mol. The summed E-state index contributed by atoms with van der Waals surface area (Å²) in [7, 11) is 0. The summed E-state index contributed by atoms with van der Waals surface area (Å²) in [6.07, 6.45) is 6.20. The van der Waals surface area contributed by atoms with Crippen LogP contribution in [0.1, 0.15) is 43.7 Å². The summed E-state index contributed by atoms with van der Waals surface area (Å²) in [6.45, 7) is 0. The van der Waals surface area contributed by atoms with Crippen LogP contribution in [-0.2, 0) is 0 Å². The van der Waals surface area contributed by atoms with Crippen LogP contribution in [0.25, 0.3) is 0 Å². The molecule has 1 saturated carbocycles. The summed E-state index contributed by atoms with van der Waals surface area (Å²) in [5.41, 5.74) is 0.972. The summed E-state index contributed by atoms with van der Waals surface area (Å²) in [5.74, 6) is 0. The third-order valence-electron chi connectivity index (χ3n) is 3.41. The van der Waals surface area contributed by atoms with Gasteiger partial charge in [-0.25, -0.2) is 0 Å². The molecule has 2 rings (SSSR count). The fraction of sp³-hybridized carbons (Fsp3) is 0.500. The molecule has 1 fully saturated rings. The molecule has 0 amide bonds. The average molecular weight is 328 g/mol. The summed E-state index contributed by atoms with van der Waals surface area (Å²) in [5, 5.41) is 13.4. The van der Waals surface area contributed by atoms with Crippen LogP contribution < -0.4 is 5.32 Å². The molecule has 0 saturated heterocycles. The van der Waals surface area contributed by atoms with E-state index in [0.29, 0.717) is 11.1 Å². The lowest BCUT2D eigenvalue weighted by Gasteiger charge is -2.25. The molecule has 1 aromatic rings. The van der Waals surface area contributed by atoms with Crippen LogP contribution in [0.3, 0.4) is 0 Å². The number of hydrogen-bond donors (Lipinski definition) is 1. The largest absolute Gasteiger partial charge is 0.295 e. The molecule has 0 radical (unpaired) electrons. The van der Waals surface area contributed by atoms with Crippen molar-refractivity contribution in [1.82, 2.24) is 5.32 Å². The predicted octanol–water partition coefficient (Wildman–Crippen LogP) is 4.59. The lowest BCUT2D eigenvalue weighted by molar-refractivity contribution is 0.360. The van der Waals surface area contributed by atoms with Gasteiger partial charge >= 0.3 is 0 Å². The predicted molar refractivity (Wildman–Crippen MR) is 77.5 cm³/mol. The molecule has 4 heteroatoms. The highest BCUT2D eigenvalue weighted by atomic mass is 79.9. The lowest BCUT2D eigenvalue weighted by atomic mass is 9.94. The van der Waals surface area contributed by atoms with Gasteiger partial charge in [-0.1, -0.05) is 36.9 Å². The molecule has 18 heavy (non-hydrogen) atoms. The minimum Gasteiger partial charge on any atom is -0.295 e. The normalized spacial score (nSPS) is 18.3. The maximum absolute atomic E-state index is 9.31. The number of nitrogens with one attached hydrogen (secondary N) is 1. The Morgan fingerprint density at radius 3 is 2.67 bits per heavy atom. The number of rotatable bonds is 3. The highest BCUT2D eigenvalue weighted by Crippen LogP contribution is 2.27. The number of halogens is 2. The van der Waals surface area contributed by atoms with Crippen molar-refractivity contribution in [2.45, 2.75) is 44.2 Å². The third-order valence-corrected chi connectivity index (χ3v) is 4.63. The Morgan fingerprint density at radius 2 is 2.06 bits per heavy atom. The number of nitriles is 1. The van der Waals surface area contributed by atoms with Gasteiger partial charge in [0.25, 0.3) is 0 Å². The second-order valence-electron chi connectivity index (χ2n) is 4.74. The zero-order chi connectivity index (χ0) is 13.0. The molecule has 96 valence electrons. The van der Waals surface area contributed by atoms with Crippen molar-refractivity contribution in [1.29, 1.82) is 5.26 Å². The van der Waals surface area contributed by atoms with E-state index in [1.165, 1.54) is 32.1 Å². The van der Waals surface area contributed by atoms with Crippen molar-refractivity contribution >= 4 is 27.5 Å². The van der Waals surface area contributed by atoms with E-state index in [4.69, 9.17) is 11.6 Å². The van der Waals surface area contributed by atoms with Crippen molar-refractivity contribution < 1.29 is 0 Å². The van der Waals surface area contributed by atoms with Crippen molar-refractivity contribution in [3.63, 3.8) is 0 Å². The molecule has 0 bridgehead atoms. The van der Waals surface area contributed by atoms with Crippen LogP contribution in [0.15, 0.2) is 22.7 Å². The third kappa shape index (κ3) is 3.47. The Morgan fingerprint density at radius 1 is 1.33 bits per heavy atom. The van der Waals surface area contributed by atoms with E-state index in [1.807, 2.05) is 18.2 Å². The SMILES string of the molecule is N#CC(NC1CCCCC1)c1ccc(Cl)c(Br)c1. The van der Waals surface area contributed by atoms with Crippen LogP contribution >= 0.6 is 27.5 Å². The summed E-state index contributed by atoms with van der Waals surface area (Å²) < 4.78 is 0.840. The van der Waals surface area contributed by atoms with Crippen molar-refractivity contribution in [2.24, 2.45) is 0 Å². The minimum atomic E-state index is -0.248. The van der Waals surface area contributed by atoms with Gasteiger partial charge < -0.3 is 0 Å². The van der Waals surface area contributed by atoms with Crippen molar-refractivity contribution in [3.8, 4) is 6.07 Å². The maximum Gasteiger partial charge on any atom is 0.121 e. The fourth-order valence-electron chi connectivity index (χ4n) is 2.40. The average Bonchev–Trinajstić information content (AvgIpc) is 2.40. The van der Waals surface area contributed by atoms with Gasteiger partial charge in [-0.05, 0) is 46.5 Å². The van der Waals surface area contributed by atoms with Crippen LogP contribution in [0.4, 0.5) is 0 Å². The van der Waals surface area contributed by atoms with Crippen molar-refractivity contribution in [3.05, 3.63) is 33.3 Å².